The molecule has 1 aliphatic heterocycles. The Morgan fingerprint density at radius 2 is 2.38 bits per heavy atom. The molecule has 0 amide bonds. The normalized spacial score (nSPS) is 23.2. The summed E-state index contributed by atoms with van der Waals surface area (Å²) < 4.78 is 34.8. The van der Waals surface area contributed by atoms with E-state index >= 15 is 0 Å². The number of methoxy groups -OCH3 is 1. The first kappa shape index (κ1) is 13.4. The molecule has 3 N–H and O–H groups in total. The minimum absolute atomic E-state index is 0.0614. The van der Waals surface area contributed by atoms with Crippen molar-refractivity contribution in [1.29, 1.82) is 5.41 Å². The first-order valence-electron chi connectivity index (χ1n) is 4.89. The third kappa shape index (κ3) is 3.41. The molecular weight excluding hydrogens is 234 g/mol. The van der Waals surface area contributed by atoms with Crippen molar-refractivity contribution in [2.24, 2.45) is 5.73 Å². The summed E-state index contributed by atoms with van der Waals surface area (Å²) in [5.74, 6) is -0.208. The Morgan fingerprint density at radius 3 is 2.94 bits per heavy atom. The average molecular weight is 251 g/mol. The highest BCUT2D eigenvalue weighted by atomic mass is 32.2. The van der Waals surface area contributed by atoms with Crippen molar-refractivity contribution in [2.75, 3.05) is 39.2 Å². The zero-order valence-corrected chi connectivity index (χ0v) is 10.00. The molecular formula is C8H17N3O4S. The summed E-state index contributed by atoms with van der Waals surface area (Å²) in [6.07, 6.45) is -0.633. The van der Waals surface area contributed by atoms with Gasteiger partial charge in [-0.3, -0.25) is 5.41 Å². The average Bonchev–Trinajstić information content (AvgIpc) is 2.26. The fourth-order valence-corrected chi connectivity index (χ4v) is 2.73. The molecule has 0 aromatic carbocycles. The van der Waals surface area contributed by atoms with Gasteiger partial charge in [0.25, 0.3) is 0 Å². The van der Waals surface area contributed by atoms with E-state index in [0.29, 0.717) is 6.54 Å². The lowest BCUT2D eigenvalue weighted by Gasteiger charge is -2.31. The van der Waals surface area contributed by atoms with E-state index in [0.717, 1.165) is 0 Å². The molecule has 1 fully saturated rings. The highest BCUT2D eigenvalue weighted by Gasteiger charge is 2.30. The van der Waals surface area contributed by atoms with E-state index in [4.69, 9.17) is 20.6 Å². The lowest BCUT2D eigenvalue weighted by atomic mass is 10.3. The molecule has 0 aromatic rings. The van der Waals surface area contributed by atoms with Crippen molar-refractivity contribution in [1.82, 2.24) is 4.31 Å². The second-order valence-electron chi connectivity index (χ2n) is 3.48. The van der Waals surface area contributed by atoms with Crippen LogP contribution in [0, 0.1) is 5.41 Å². The van der Waals surface area contributed by atoms with Gasteiger partial charge in [0.15, 0.2) is 0 Å². The number of morpholine rings is 1. The van der Waals surface area contributed by atoms with Gasteiger partial charge in [-0.2, -0.15) is 4.31 Å². The fraction of sp³-hybridized carbons (Fsp3) is 0.875. The van der Waals surface area contributed by atoms with Crippen LogP contribution < -0.4 is 5.73 Å². The van der Waals surface area contributed by atoms with Gasteiger partial charge >= 0.3 is 0 Å². The van der Waals surface area contributed by atoms with Crippen LogP contribution in [-0.4, -0.2) is 63.8 Å². The molecule has 1 heterocycles. The third-order valence-electron chi connectivity index (χ3n) is 2.31. The van der Waals surface area contributed by atoms with Crippen LogP contribution in [-0.2, 0) is 19.5 Å². The topological polar surface area (TPSA) is 106 Å². The zero-order valence-electron chi connectivity index (χ0n) is 9.18. The van der Waals surface area contributed by atoms with Crippen molar-refractivity contribution in [3.05, 3.63) is 0 Å². The molecule has 1 unspecified atom stereocenters. The highest BCUT2D eigenvalue weighted by Crippen LogP contribution is 2.10. The smallest absolute Gasteiger partial charge is 0.216 e. The summed E-state index contributed by atoms with van der Waals surface area (Å²) in [6.45, 7) is 0.831. The number of nitrogens with one attached hydrogen (secondary N) is 1. The highest BCUT2D eigenvalue weighted by molar-refractivity contribution is 7.89. The van der Waals surface area contributed by atoms with E-state index in [1.807, 2.05) is 0 Å². The van der Waals surface area contributed by atoms with Crippen molar-refractivity contribution in [2.45, 2.75) is 6.10 Å². The number of amidine groups is 1. The number of nitrogens with two attached hydrogens (primary N) is 1. The molecule has 0 saturated carbocycles. The van der Waals surface area contributed by atoms with Crippen LogP contribution in [0.3, 0.4) is 0 Å². The van der Waals surface area contributed by atoms with Gasteiger partial charge in [0.2, 0.25) is 10.0 Å². The van der Waals surface area contributed by atoms with E-state index in [9.17, 15) is 8.42 Å². The van der Waals surface area contributed by atoms with Crippen LogP contribution in [0.4, 0.5) is 0 Å². The van der Waals surface area contributed by atoms with Gasteiger partial charge in [-0.15, -0.1) is 0 Å². The van der Waals surface area contributed by atoms with Gasteiger partial charge in [0.05, 0.1) is 19.0 Å². The minimum atomic E-state index is -3.34. The molecule has 1 rings (SSSR count). The molecule has 0 aromatic heterocycles. The number of hydrogen-bond acceptors (Lipinski definition) is 5. The molecule has 0 bridgehead atoms. The minimum Gasteiger partial charge on any atom is -0.385 e. The van der Waals surface area contributed by atoms with Crippen LogP contribution in [0.25, 0.3) is 0 Å². The van der Waals surface area contributed by atoms with Crippen molar-refractivity contribution >= 4 is 15.9 Å². The van der Waals surface area contributed by atoms with Gasteiger partial charge in [-0.25, -0.2) is 8.42 Å². The lowest BCUT2D eigenvalue weighted by molar-refractivity contribution is 0.0366. The Balaban J connectivity index is 2.62. The maximum absolute atomic E-state index is 11.8. The van der Waals surface area contributed by atoms with Gasteiger partial charge in [-0.05, 0) is 0 Å². The predicted molar refractivity (Wildman–Crippen MR) is 58.9 cm³/mol. The standard InChI is InChI=1S/C8H17N3O4S/c1-14-4-5-16(12,13)11-2-3-15-7(6-11)8(9)10/h7H,2-6H2,1H3,(H3,9,10). The maximum Gasteiger partial charge on any atom is 0.216 e. The van der Waals surface area contributed by atoms with E-state index < -0.39 is 16.1 Å². The predicted octanol–water partition coefficient (Wildman–Crippen LogP) is -1.40. The molecule has 0 radical (unpaired) electrons. The monoisotopic (exact) mass is 251 g/mol. The molecule has 8 heteroatoms. The van der Waals surface area contributed by atoms with E-state index in [2.05, 4.69) is 0 Å². The van der Waals surface area contributed by atoms with Crippen LogP contribution in [0.1, 0.15) is 0 Å². The summed E-state index contributed by atoms with van der Waals surface area (Å²) in [7, 11) is -1.88. The van der Waals surface area contributed by atoms with Gasteiger partial charge < -0.3 is 15.2 Å². The molecule has 1 atom stereocenters. The molecule has 16 heavy (non-hydrogen) atoms. The summed E-state index contributed by atoms with van der Waals surface area (Å²) in [6, 6.07) is 0. The third-order valence-corrected chi connectivity index (χ3v) is 4.12. The first-order chi connectivity index (χ1) is 7.47. The SMILES string of the molecule is COCCS(=O)(=O)N1CCOC(C(=N)N)C1. The fourth-order valence-electron chi connectivity index (χ4n) is 1.38. The quantitative estimate of drug-likeness (QED) is 0.462. The molecule has 0 spiro atoms. The molecule has 94 valence electrons. The van der Waals surface area contributed by atoms with Crippen molar-refractivity contribution in [3.63, 3.8) is 0 Å². The molecule has 0 aliphatic carbocycles. The van der Waals surface area contributed by atoms with Crippen LogP contribution in [0.15, 0.2) is 0 Å². The Labute approximate surface area is 95.1 Å². The Bertz CT molecular complexity index is 343. The van der Waals surface area contributed by atoms with Crippen LogP contribution >= 0.6 is 0 Å². The van der Waals surface area contributed by atoms with Gasteiger partial charge in [0.1, 0.15) is 11.9 Å². The van der Waals surface area contributed by atoms with Gasteiger partial charge in [-0.1, -0.05) is 0 Å². The lowest BCUT2D eigenvalue weighted by Crippen LogP contribution is -2.50. The molecule has 7 nitrogen and oxygen atoms in total. The summed E-state index contributed by atoms with van der Waals surface area (Å²) in [4.78, 5) is 0. The number of sulfonamides is 1. The van der Waals surface area contributed by atoms with E-state index in [-0.39, 0.29) is 31.3 Å². The van der Waals surface area contributed by atoms with Crippen molar-refractivity contribution < 1.29 is 17.9 Å². The Hall–Kier alpha value is -0.700. The first-order valence-corrected chi connectivity index (χ1v) is 6.50. The molecule has 1 aliphatic rings. The van der Waals surface area contributed by atoms with E-state index in [1.165, 1.54) is 11.4 Å². The Kier molecular flexibility index (Phi) is 4.66. The summed E-state index contributed by atoms with van der Waals surface area (Å²) in [5, 5.41) is 7.23. The number of ether oxygens (including phenoxy) is 2. The van der Waals surface area contributed by atoms with Crippen LogP contribution in [0.2, 0.25) is 0 Å². The summed E-state index contributed by atoms with van der Waals surface area (Å²) >= 11 is 0. The van der Waals surface area contributed by atoms with Crippen LogP contribution in [0.5, 0.6) is 0 Å². The van der Waals surface area contributed by atoms with Crippen molar-refractivity contribution in [3.8, 4) is 0 Å². The maximum atomic E-state index is 11.8. The second-order valence-corrected chi connectivity index (χ2v) is 5.57. The summed E-state index contributed by atoms with van der Waals surface area (Å²) in [5.41, 5.74) is 5.28. The number of rotatable bonds is 5. The van der Waals surface area contributed by atoms with E-state index in [1.54, 1.807) is 0 Å². The number of nitrogens with zero attached hydrogens (tertiary/aromatic N) is 1. The number of hydrogen-bond donors (Lipinski definition) is 2. The second kappa shape index (κ2) is 5.58. The Morgan fingerprint density at radius 1 is 1.69 bits per heavy atom. The zero-order chi connectivity index (χ0) is 12.2. The molecule has 1 saturated heterocycles. The largest absolute Gasteiger partial charge is 0.385 e. The van der Waals surface area contributed by atoms with Gasteiger partial charge in [0, 0.05) is 20.2 Å².